The van der Waals surface area contributed by atoms with Crippen molar-refractivity contribution in [3.63, 3.8) is 0 Å². The van der Waals surface area contributed by atoms with Gasteiger partial charge in [0.05, 0.1) is 6.10 Å². The molecule has 2 atom stereocenters. The summed E-state index contributed by atoms with van der Waals surface area (Å²) in [5, 5.41) is 0. The van der Waals surface area contributed by atoms with Crippen LogP contribution in [0.15, 0.2) is 0 Å². The van der Waals surface area contributed by atoms with Crippen LogP contribution in [0.25, 0.3) is 0 Å². The predicted molar refractivity (Wildman–Crippen MR) is 56.7 cm³/mol. The summed E-state index contributed by atoms with van der Waals surface area (Å²) in [6.45, 7) is 0.967. The van der Waals surface area contributed by atoms with E-state index in [2.05, 4.69) is 5.43 Å². The van der Waals surface area contributed by atoms with E-state index in [1.165, 1.54) is 44.9 Å². The first-order chi connectivity index (χ1) is 6.90. The summed E-state index contributed by atoms with van der Waals surface area (Å²) in [4.78, 5) is 0. The van der Waals surface area contributed by atoms with Gasteiger partial charge in [0.2, 0.25) is 0 Å². The van der Waals surface area contributed by atoms with E-state index in [0.717, 1.165) is 12.5 Å². The van der Waals surface area contributed by atoms with Crippen LogP contribution in [0.4, 0.5) is 0 Å². The van der Waals surface area contributed by atoms with Crippen molar-refractivity contribution < 1.29 is 4.74 Å². The summed E-state index contributed by atoms with van der Waals surface area (Å²) >= 11 is 0. The van der Waals surface area contributed by atoms with Gasteiger partial charge in [-0.3, -0.25) is 11.3 Å². The normalized spacial score (nSPS) is 30.2. The van der Waals surface area contributed by atoms with E-state index >= 15 is 0 Å². The van der Waals surface area contributed by atoms with Gasteiger partial charge in [-0.05, 0) is 50.9 Å². The Morgan fingerprint density at radius 3 is 2.71 bits per heavy atom. The SMILES string of the molecule is NNC(CCC1CCCCO1)C1CC1. The van der Waals surface area contributed by atoms with Crippen LogP contribution in [0, 0.1) is 5.92 Å². The standard InChI is InChI=1S/C11H22N2O/c12-13-11(9-4-5-9)7-6-10-3-1-2-8-14-10/h9-11,13H,1-8,12H2. The number of nitrogens with two attached hydrogens (primary N) is 1. The van der Waals surface area contributed by atoms with Crippen molar-refractivity contribution in [2.24, 2.45) is 11.8 Å². The number of rotatable bonds is 5. The minimum atomic E-state index is 0.512. The zero-order valence-corrected chi connectivity index (χ0v) is 8.87. The van der Waals surface area contributed by atoms with Crippen LogP contribution in [-0.4, -0.2) is 18.8 Å². The van der Waals surface area contributed by atoms with Crippen molar-refractivity contribution in [1.82, 2.24) is 5.43 Å². The first-order valence-corrected chi connectivity index (χ1v) is 5.98. The predicted octanol–water partition coefficient (Wildman–Crippen LogP) is 1.58. The zero-order valence-electron chi connectivity index (χ0n) is 8.87. The van der Waals surface area contributed by atoms with Crippen LogP contribution < -0.4 is 11.3 Å². The molecule has 2 aliphatic rings. The first-order valence-electron chi connectivity index (χ1n) is 5.98. The van der Waals surface area contributed by atoms with Crippen LogP contribution in [0.3, 0.4) is 0 Å². The number of hydrazine groups is 1. The van der Waals surface area contributed by atoms with Gasteiger partial charge in [-0.25, -0.2) is 0 Å². The summed E-state index contributed by atoms with van der Waals surface area (Å²) in [6, 6.07) is 0.542. The molecule has 3 nitrogen and oxygen atoms in total. The third kappa shape index (κ3) is 2.94. The van der Waals surface area contributed by atoms with Gasteiger partial charge < -0.3 is 4.74 Å². The summed E-state index contributed by atoms with van der Waals surface area (Å²) in [6.07, 6.45) is 9.45. The lowest BCUT2D eigenvalue weighted by atomic mass is 10.00. The highest BCUT2D eigenvalue weighted by atomic mass is 16.5. The Labute approximate surface area is 86.4 Å². The molecule has 0 aromatic rings. The molecule has 1 heterocycles. The van der Waals surface area contributed by atoms with Crippen molar-refractivity contribution in [2.75, 3.05) is 6.61 Å². The van der Waals surface area contributed by atoms with Gasteiger partial charge in [0.1, 0.15) is 0 Å². The van der Waals surface area contributed by atoms with Crippen molar-refractivity contribution >= 4 is 0 Å². The lowest BCUT2D eigenvalue weighted by Crippen LogP contribution is -2.37. The Balaban J connectivity index is 1.63. The van der Waals surface area contributed by atoms with Gasteiger partial charge in [-0.2, -0.15) is 0 Å². The van der Waals surface area contributed by atoms with Crippen LogP contribution in [0.2, 0.25) is 0 Å². The summed E-state index contributed by atoms with van der Waals surface area (Å²) in [5.41, 5.74) is 2.95. The summed E-state index contributed by atoms with van der Waals surface area (Å²) < 4.78 is 5.70. The summed E-state index contributed by atoms with van der Waals surface area (Å²) in [7, 11) is 0. The summed E-state index contributed by atoms with van der Waals surface area (Å²) in [5.74, 6) is 6.39. The molecule has 2 unspecified atom stereocenters. The smallest absolute Gasteiger partial charge is 0.0575 e. The maximum absolute atomic E-state index is 5.70. The Morgan fingerprint density at radius 1 is 1.29 bits per heavy atom. The fourth-order valence-corrected chi connectivity index (χ4v) is 2.35. The van der Waals surface area contributed by atoms with E-state index in [1.807, 2.05) is 0 Å². The zero-order chi connectivity index (χ0) is 9.80. The Hall–Kier alpha value is -0.120. The number of ether oxygens (including phenoxy) is 1. The topological polar surface area (TPSA) is 47.3 Å². The van der Waals surface area contributed by atoms with Crippen molar-refractivity contribution in [3.05, 3.63) is 0 Å². The van der Waals surface area contributed by atoms with Crippen molar-refractivity contribution in [2.45, 2.75) is 57.1 Å². The Bertz CT molecular complexity index is 165. The van der Waals surface area contributed by atoms with E-state index in [-0.39, 0.29) is 0 Å². The lowest BCUT2D eigenvalue weighted by molar-refractivity contribution is 0.00821. The van der Waals surface area contributed by atoms with Gasteiger partial charge in [0.25, 0.3) is 0 Å². The van der Waals surface area contributed by atoms with Gasteiger partial charge >= 0.3 is 0 Å². The second kappa shape index (κ2) is 5.10. The molecule has 1 aliphatic carbocycles. The molecule has 82 valence electrons. The first kappa shape index (κ1) is 10.4. The molecule has 2 rings (SSSR count). The minimum Gasteiger partial charge on any atom is -0.378 e. The van der Waals surface area contributed by atoms with Crippen LogP contribution in [-0.2, 0) is 4.74 Å². The van der Waals surface area contributed by atoms with Crippen LogP contribution in [0.5, 0.6) is 0 Å². The maximum Gasteiger partial charge on any atom is 0.0575 e. The van der Waals surface area contributed by atoms with Crippen molar-refractivity contribution in [1.29, 1.82) is 0 Å². The molecule has 2 fully saturated rings. The molecular formula is C11H22N2O. The largest absolute Gasteiger partial charge is 0.378 e. The molecule has 14 heavy (non-hydrogen) atoms. The highest BCUT2D eigenvalue weighted by Crippen LogP contribution is 2.34. The quantitative estimate of drug-likeness (QED) is 0.521. The fraction of sp³-hybridized carbons (Fsp3) is 1.00. The van der Waals surface area contributed by atoms with E-state index in [4.69, 9.17) is 10.6 Å². The van der Waals surface area contributed by atoms with Gasteiger partial charge in [-0.15, -0.1) is 0 Å². The lowest BCUT2D eigenvalue weighted by Gasteiger charge is -2.24. The molecule has 0 bridgehead atoms. The van der Waals surface area contributed by atoms with Crippen molar-refractivity contribution in [3.8, 4) is 0 Å². The van der Waals surface area contributed by atoms with Crippen LogP contribution >= 0.6 is 0 Å². The second-order valence-corrected chi connectivity index (χ2v) is 4.68. The van der Waals surface area contributed by atoms with Crippen LogP contribution in [0.1, 0.15) is 44.9 Å². The van der Waals surface area contributed by atoms with Gasteiger partial charge in [0, 0.05) is 12.6 Å². The molecule has 1 aliphatic heterocycles. The number of hydrogen-bond donors (Lipinski definition) is 2. The molecule has 0 aromatic heterocycles. The highest BCUT2D eigenvalue weighted by molar-refractivity contribution is 4.85. The highest BCUT2D eigenvalue weighted by Gasteiger charge is 2.30. The van der Waals surface area contributed by atoms with E-state index < -0.39 is 0 Å². The van der Waals surface area contributed by atoms with E-state index in [9.17, 15) is 0 Å². The minimum absolute atomic E-state index is 0.512. The Morgan fingerprint density at radius 2 is 2.14 bits per heavy atom. The van der Waals surface area contributed by atoms with Gasteiger partial charge in [-0.1, -0.05) is 0 Å². The average molecular weight is 198 g/mol. The molecular weight excluding hydrogens is 176 g/mol. The molecule has 0 spiro atoms. The third-order valence-electron chi connectivity index (χ3n) is 3.48. The third-order valence-corrected chi connectivity index (χ3v) is 3.48. The molecule has 3 heteroatoms. The fourth-order valence-electron chi connectivity index (χ4n) is 2.35. The molecule has 0 radical (unpaired) electrons. The molecule has 1 saturated heterocycles. The average Bonchev–Trinajstić information content (AvgIpc) is 3.05. The van der Waals surface area contributed by atoms with E-state index in [0.29, 0.717) is 12.1 Å². The van der Waals surface area contributed by atoms with E-state index in [1.54, 1.807) is 0 Å². The molecule has 0 aromatic carbocycles. The Kier molecular flexibility index (Phi) is 3.79. The molecule has 0 amide bonds. The van der Waals surface area contributed by atoms with Gasteiger partial charge in [0.15, 0.2) is 0 Å². The number of nitrogens with one attached hydrogen (secondary N) is 1. The molecule has 3 N–H and O–H groups in total. The second-order valence-electron chi connectivity index (χ2n) is 4.68. The number of hydrogen-bond acceptors (Lipinski definition) is 3. The molecule has 1 saturated carbocycles. The maximum atomic E-state index is 5.70. The monoisotopic (exact) mass is 198 g/mol.